The van der Waals surface area contributed by atoms with Crippen LogP contribution < -0.4 is 10.6 Å². The Labute approximate surface area is 137 Å². The van der Waals surface area contributed by atoms with Gasteiger partial charge in [0, 0.05) is 5.69 Å². The van der Waals surface area contributed by atoms with Crippen LogP contribution in [0.1, 0.15) is 35.1 Å². The quantitative estimate of drug-likeness (QED) is 0.662. The third kappa shape index (κ3) is 2.62. The number of benzene rings is 1. The van der Waals surface area contributed by atoms with Crippen LogP contribution in [0.15, 0.2) is 18.2 Å². The highest BCUT2D eigenvalue weighted by atomic mass is 16.2. The van der Waals surface area contributed by atoms with E-state index in [0.29, 0.717) is 22.9 Å². The fraction of sp³-hybridized carbons (Fsp3) is 0.400. The van der Waals surface area contributed by atoms with Crippen LogP contribution in [0.5, 0.6) is 0 Å². The third-order valence-electron chi connectivity index (χ3n) is 4.37. The van der Waals surface area contributed by atoms with Gasteiger partial charge in [-0.3, -0.25) is 4.79 Å². The Morgan fingerprint density at radius 1 is 1.25 bits per heavy atom. The van der Waals surface area contributed by atoms with Gasteiger partial charge in [0.05, 0.1) is 11.7 Å². The van der Waals surface area contributed by atoms with Gasteiger partial charge in [0.25, 0.3) is 5.91 Å². The van der Waals surface area contributed by atoms with E-state index in [2.05, 4.69) is 36.4 Å². The average molecular weight is 326 g/mol. The van der Waals surface area contributed by atoms with Crippen molar-refractivity contribution in [3.05, 3.63) is 29.6 Å². The Hall–Kier alpha value is -2.81. The molecule has 1 aliphatic rings. The molecule has 2 aromatic heterocycles. The molecule has 3 aromatic rings. The molecule has 0 saturated carbocycles. The molecule has 3 heterocycles. The first kappa shape index (κ1) is 14.8. The fourth-order valence-corrected chi connectivity index (χ4v) is 3.06. The summed E-state index contributed by atoms with van der Waals surface area (Å²) in [6.45, 7) is 3.81. The van der Waals surface area contributed by atoms with Crippen LogP contribution in [-0.4, -0.2) is 49.4 Å². The molecule has 1 fully saturated rings. The number of anilines is 1. The molecule has 0 spiro atoms. The van der Waals surface area contributed by atoms with Crippen LogP contribution in [0.25, 0.3) is 11.0 Å². The zero-order chi connectivity index (χ0) is 16.5. The lowest BCUT2D eigenvalue weighted by Gasteiger charge is -2.23. The summed E-state index contributed by atoms with van der Waals surface area (Å²) in [5.41, 5.74) is 3.25. The average Bonchev–Trinajstić information content (AvgIpc) is 3.21. The first-order valence-corrected chi connectivity index (χ1v) is 7.97. The van der Waals surface area contributed by atoms with E-state index >= 15 is 0 Å². The van der Waals surface area contributed by atoms with Gasteiger partial charge >= 0.3 is 0 Å². The maximum Gasteiger partial charge on any atom is 0.278 e. The van der Waals surface area contributed by atoms with Crippen molar-refractivity contribution < 1.29 is 4.79 Å². The lowest BCUT2D eigenvalue weighted by Crippen LogP contribution is -2.30. The first-order valence-electron chi connectivity index (χ1n) is 7.97. The second-order valence-electron chi connectivity index (χ2n) is 5.93. The minimum absolute atomic E-state index is 0.268. The summed E-state index contributed by atoms with van der Waals surface area (Å²) in [5.74, 6) is -0.268. The molecule has 0 atom stereocenters. The van der Waals surface area contributed by atoms with E-state index in [1.807, 2.05) is 11.6 Å². The molecule has 1 saturated heterocycles. The second-order valence-corrected chi connectivity index (χ2v) is 5.93. The maximum absolute atomic E-state index is 12.5. The van der Waals surface area contributed by atoms with Gasteiger partial charge < -0.3 is 10.6 Å². The molecule has 9 heteroatoms. The number of piperidine rings is 1. The summed E-state index contributed by atoms with van der Waals surface area (Å²) < 4.78 is 1.87. The number of aromatic nitrogens is 6. The van der Waals surface area contributed by atoms with E-state index in [9.17, 15) is 4.79 Å². The van der Waals surface area contributed by atoms with Gasteiger partial charge in [-0.15, -0.1) is 5.10 Å². The molecule has 9 nitrogen and oxygen atoms in total. The number of hydrogen-bond acceptors (Lipinski definition) is 6. The molecule has 0 bridgehead atoms. The Morgan fingerprint density at radius 3 is 2.88 bits per heavy atom. The van der Waals surface area contributed by atoms with Gasteiger partial charge in [-0.2, -0.15) is 15.4 Å². The van der Waals surface area contributed by atoms with Crippen molar-refractivity contribution in [2.75, 3.05) is 18.4 Å². The standard InChI is InChI=1S/C15H18N8O/c1-9-14(20-22-23(9)11-4-6-16-7-5-11)15(24)17-10-2-3-12-13(8-10)19-21-18-12/h2-3,8,11,16H,4-7H2,1H3,(H,17,24)(H,18,19,21). The van der Waals surface area contributed by atoms with Crippen molar-refractivity contribution in [2.24, 2.45) is 0 Å². The van der Waals surface area contributed by atoms with Gasteiger partial charge in [0.15, 0.2) is 5.69 Å². The van der Waals surface area contributed by atoms with Crippen molar-refractivity contribution in [1.29, 1.82) is 0 Å². The smallest absolute Gasteiger partial charge is 0.278 e. The second kappa shape index (κ2) is 6.00. The molecular weight excluding hydrogens is 308 g/mol. The molecule has 0 unspecified atom stereocenters. The monoisotopic (exact) mass is 326 g/mol. The minimum atomic E-state index is -0.268. The molecule has 1 amide bonds. The van der Waals surface area contributed by atoms with E-state index in [0.717, 1.165) is 37.1 Å². The lowest BCUT2D eigenvalue weighted by molar-refractivity contribution is 0.102. The molecule has 0 radical (unpaired) electrons. The number of nitrogens with zero attached hydrogens (tertiary/aromatic N) is 5. The van der Waals surface area contributed by atoms with Crippen molar-refractivity contribution in [2.45, 2.75) is 25.8 Å². The predicted molar refractivity (Wildman–Crippen MR) is 87.7 cm³/mol. The van der Waals surface area contributed by atoms with Crippen molar-refractivity contribution in [3.8, 4) is 0 Å². The number of carbonyl (C=O) groups is 1. The molecule has 3 N–H and O–H groups in total. The van der Waals surface area contributed by atoms with Gasteiger partial charge in [-0.05, 0) is 51.1 Å². The molecule has 124 valence electrons. The SMILES string of the molecule is Cc1c(C(=O)Nc2ccc3n[nH]nc3c2)nnn1C1CCNCC1. The lowest BCUT2D eigenvalue weighted by atomic mass is 10.1. The Kier molecular flexibility index (Phi) is 3.69. The van der Waals surface area contributed by atoms with Crippen molar-refractivity contribution in [3.63, 3.8) is 0 Å². The molecule has 4 rings (SSSR count). The topological polar surface area (TPSA) is 113 Å². The van der Waals surface area contributed by atoms with Crippen molar-refractivity contribution >= 4 is 22.6 Å². The summed E-state index contributed by atoms with van der Waals surface area (Å²) in [6.07, 6.45) is 1.99. The number of hydrogen-bond donors (Lipinski definition) is 3. The third-order valence-corrected chi connectivity index (χ3v) is 4.37. The van der Waals surface area contributed by atoms with Crippen LogP contribution in [0.2, 0.25) is 0 Å². The summed E-state index contributed by atoms with van der Waals surface area (Å²) in [7, 11) is 0. The van der Waals surface area contributed by atoms with Gasteiger partial charge in [-0.25, -0.2) is 4.68 Å². The van der Waals surface area contributed by atoms with Gasteiger partial charge in [0.2, 0.25) is 0 Å². The number of rotatable bonds is 3. The summed E-state index contributed by atoms with van der Waals surface area (Å²) in [5, 5.41) is 25.0. The van der Waals surface area contributed by atoms with E-state index in [-0.39, 0.29) is 5.91 Å². The molecule has 1 aromatic carbocycles. The summed E-state index contributed by atoms with van der Waals surface area (Å²) in [6, 6.07) is 5.65. The maximum atomic E-state index is 12.5. The number of carbonyl (C=O) groups excluding carboxylic acids is 1. The van der Waals surface area contributed by atoms with E-state index in [4.69, 9.17) is 0 Å². The largest absolute Gasteiger partial charge is 0.320 e. The Balaban J connectivity index is 1.54. The fourth-order valence-electron chi connectivity index (χ4n) is 3.06. The number of amides is 1. The minimum Gasteiger partial charge on any atom is -0.320 e. The van der Waals surface area contributed by atoms with E-state index in [1.54, 1.807) is 18.2 Å². The summed E-state index contributed by atoms with van der Waals surface area (Å²) in [4.78, 5) is 12.5. The molecule has 0 aliphatic carbocycles. The number of nitrogens with one attached hydrogen (secondary N) is 3. The Morgan fingerprint density at radius 2 is 2.04 bits per heavy atom. The molecule has 24 heavy (non-hydrogen) atoms. The van der Waals surface area contributed by atoms with Crippen LogP contribution >= 0.6 is 0 Å². The highest BCUT2D eigenvalue weighted by molar-refractivity contribution is 6.04. The number of fused-ring (bicyclic) bond motifs is 1. The van der Waals surface area contributed by atoms with E-state index < -0.39 is 0 Å². The van der Waals surface area contributed by atoms with Crippen LogP contribution in [0.3, 0.4) is 0 Å². The zero-order valence-electron chi connectivity index (χ0n) is 13.3. The van der Waals surface area contributed by atoms with Crippen LogP contribution in [0, 0.1) is 6.92 Å². The van der Waals surface area contributed by atoms with E-state index in [1.165, 1.54) is 0 Å². The zero-order valence-corrected chi connectivity index (χ0v) is 13.3. The van der Waals surface area contributed by atoms with Gasteiger partial charge in [0.1, 0.15) is 11.0 Å². The molecular formula is C15H18N8O. The Bertz CT molecular complexity index is 877. The number of H-pyrrole nitrogens is 1. The molecule has 1 aliphatic heterocycles. The van der Waals surface area contributed by atoms with Crippen LogP contribution in [0.4, 0.5) is 5.69 Å². The van der Waals surface area contributed by atoms with Gasteiger partial charge in [-0.1, -0.05) is 5.21 Å². The predicted octanol–water partition coefficient (Wildman–Crippen LogP) is 1.03. The van der Waals surface area contributed by atoms with Crippen LogP contribution in [-0.2, 0) is 0 Å². The highest BCUT2D eigenvalue weighted by Gasteiger charge is 2.23. The summed E-state index contributed by atoms with van der Waals surface area (Å²) >= 11 is 0. The normalized spacial score (nSPS) is 15.7. The number of aromatic amines is 1. The first-order chi connectivity index (χ1) is 11.7. The van der Waals surface area contributed by atoms with Crippen molar-refractivity contribution in [1.82, 2.24) is 35.7 Å². The highest BCUT2D eigenvalue weighted by Crippen LogP contribution is 2.21.